The topological polar surface area (TPSA) is 21.3 Å². The van der Waals surface area contributed by atoms with Crippen LogP contribution in [0.1, 0.15) is 24.8 Å². The number of ether oxygens (including phenoxy) is 1. The third kappa shape index (κ3) is 1.36. The zero-order valence-corrected chi connectivity index (χ0v) is 9.12. The molecular formula is C13H17NO. The first-order valence-electron chi connectivity index (χ1n) is 5.72. The second kappa shape index (κ2) is 3.24. The van der Waals surface area contributed by atoms with Gasteiger partial charge < -0.3 is 10.1 Å². The van der Waals surface area contributed by atoms with Crippen LogP contribution in [0.25, 0.3) is 0 Å². The Morgan fingerprint density at radius 1 is 1.27 bits per heavy atom. The first-order chi connectivity index (χ1) is 7.32. The summed E-state index contributed by atoms with van der Waals surface area (Å²) in [5.41, 5.74) is 1.73. The van der Waals surface area contributed by atoms with Crippen molar-refractivity contribution in [3.05, 3.63) is 29.8 Å². The molecule has 3 aliphatic rings. The van der Waals surface area contributed by atoms with Gasteiger partial charge in [0.05, 0.1) is 7.11 Å². The van der Waals surface area contributed by atoms with Crippen LogP contribution in [0.4, 0.5) is 0 Å². The molecule has 0 spiro atoms. The van der Waals surface area contributed by atoms with Gasteiger partial charge in [-0.3, -0.25) is 0 Å². The first-order valence-corrected chi connectivity index (χ1v) is 5.72. The zero-order valence-electron chi connectivity index (χ0n) is 9.12. The van der Waals surface area contributed by atoms with Gasteiger partial charge in [0.2, 0.25) is 0 Å². The molecule has 1 aromatic rings. The van der Waals surface area contributed by atoms with Crippen LogP contribution in [0.15, 0.2) is 24.3 Å². The van der Waals surface area contributed by atoms with Gasteiger partial charge in [0, 0.05) is 5.54 Å². The Labute approximate surface area is 90.6 Å². The summed E-state index contributed by atoms with van der Waals surface area (Å²) >= 11 is 0. The molecule has 1 aromatic carbocycles. The largest absolute Gasteiger partial charge is 0.497 e. The van der Waals surface area contributed by atoms with Gasteiger partial charge in [0.25, 0.3) is 0 Å². The Bertz CT molecular complexity index is 346. The fourth-order valence-corrected chi connectivity index (χ4v) is 3.04. The molecule has 2 heteroatoms. The molecule has 80 valence electrons. The number of rotatable bonds is 2. The number of piperidine rings is 2. The van der Waals surface area contributed by atoms with Crippen molar-refractivity contribution in [2.45, 2.75) is 24.8 Å². The summed E-state index contributed by atoms with van der Waals surface area (Å²) < 4.78 is 5.18. The van der Waals surface area contributed by atoms with Crippen molar-refractivity contribution in [3.8, 4) is 5.75 Å². The van der Waals surface area contributed by atoms with Crippen LogP contribution in [-0.2, 0) is 5.54 Å². The van der Waals surface area contributed by atoms with E-state index in [1.54, 1.807) is 7.11 Å². The lowest BCUT2D eigenvalue weighted by Crippen LogP contribution is -2.57. The Kier molecular flexibility index (Phi) is 1.99. The molecule has 2 aliphatic heterocycles. The third-order valence-electron chi connectivity index (χ3n) is 3.93. The van der Waals surface area contributed by atoms with Crippen LogP contribution < -0.4 is 10.1 Å². The number of hydrogen-bond acceptors (Lipinski definition) is 2. The van der Waals surface area contributed by atoms with E-state index in [4.69, 9.17) is 4.74 Å². The summed E-state index contributed by atoms with van der Waals surface area (Å²) in [6.45, 7) is 1.18. The van der Waals surface area contributed by atoms with E-state index in [0.717, 1.165) is 11.7 Å². The molecule has 0 amide bonds. The summed E-state index contributed by atoms with van der Waals surface area (Å²) in [7, 11) is 1.71. The van der Waals surface area contributed by atoms with Gasteiger partial charge in [-0.15, -0.1) is 0 Å². The molecule has 1 N–H and O–H groups in total. The number of benzene rings is 1. The molecule has 0 radical (unpaired) electrons. The normalized spacial score (nSPS) is 33.3. The summed E-state index contributed by atoms with van der Waals surface area (Å²) in [6.07, 6.45) is 4.00. The average molecular weight is 203 g/mol. The van der Waals surface area contributed by atoms with Gasteiger partial charge >= 0.3 is 0 Å². The van der Waals surface area contributed by atoms with Crippen LogP contribution in [0.2, 0.25) is 0 Å². The highest BCUT2D eigenvalue weighted by molar-refractivity contribution is 5.34. The maximum Gasteiger partial charge on any atom is 0.118 e. The monoisotopic (exact) mass is 203 g/mol. The first kappa shape index (κ1) is 9.22. The SMILES string of the molecule is COc1ccc(C23CC(CCN2)C3)cc1. The molecule has 0 atom stereocenters. The van der Waals surface area contributed by atoms with Crippen LogP contribution in [0.5, 0.6) is 5.75 Å². The molecule has 1 aliphatic carbocycles. The molecule has 4 rings (SSSR count). The molecule has 1 saturated carbocycles. The molecule has 0 aromatic heterocycles. The van der Waals surface area contributed by atoms with Crippen LogP contribution in [-0.4, -0.2) is 13.7 Å². The lowest BCUT2D eigenvalue weighted by Gasteiger charge is -2.53. The van der Waals surface area contributed by atoms with E-state index in [2.05, 4.69) is 29.6 Å². The molecule has 2 bridgehead atoms. The number of hydrogen-bond donors (Lipinski definition) is 1. The van der Waals surface area contributed by atoms with E-state index in [0.29, 0.717) is 5.54 Å². The quantitative estimate of drug-likeness (QED) is 0.796. The minimum Gasteiger partial charge on any atom is -0.497 e. The minimum atomic E-state index is 0.301. The third-order valence-corrected chi connectivity index (χ3v) is 3.93. The van der Waals surface area contributed by atoms with Crippen LogP contribution in [0.3, 0.4) is 0 Å². The molecular weight excluding hydrogens is 186 g/mol. The molecule has 15 heavy (non-hydrogen) atoms. The molecule has 0 unspecified atom stereocenters. The summed E-state index contributed by atoms with van der Waals surface area (Å²) in [5, 5.41) is 3.67. The summed E-state index contributed by atoms with van der Waals surface area (Å²) in [4.78, 5) is 0. The number of fused-ring (bicyclic) bond motifs is 2. The van der Waals surface area contributed by atoms with Crippen molar-refractivity contribution in [1.29, 1.82) is 0 Å². The lowest BCUT2D eigenvalue weighted by molar-refractivity contribution is 0.0502. The Hall–Kier alpha value is -1.02. The van der Waals surface area contributed by atoms with Crippen molar-refractivity contribution in [2.75, 3.05) is 13.7 Å². The van der Waals surface area contributed by atoms with Crippen molar-refractivity contribution < 1.29 is 4.74 Å². The number of nitrogens with one attached hydrogen (secondary N) is 1. The minimum absolute atomic E-state index is 0.301. The summed E-state index contributed by atoms with van der Waals surface area (Å²) in [6, 6.07) is 8.53. The van der Waals surface area contributed by atoms with E-state index in [9.17, 15) is 0 Å². The van der Waals surface area contributed by atoms with E-state index >= 15 is 0 Å². The molecule has 2 saturated heterocycles. The van der Waals surface area contributed by atoms with E-state index in [1.165, 1.54) is 31.4 Å². The van der Waals surface area contributed by atoms with E-state index in [1.807, 2.05) is 0 Å². The van der Waals surface area contributed by atoms with E-state index < -0.39 is 0 Å². The Morgan fingerprint density at radius 2 is 2.00 bits per heavy atom. The second-order valence-corrected chi connectivity index (χ2v) is 4.80. The van der Waals surface area contributed by atoms with Gasteiger partial charge in [-0.25, -0.2) is 0 Å². The highest BCUT2D eigenvalue weighted by Gasteiger charge is 2.47. The highest BCUT2D eigenvalue weighted by Crippen LogP contribution is 2.50. The van der Waals surface area contributed by atoms with Crippen molar-refractivity contribution in [3.63, 3.8) is 0 Å². The van der Waals surface area contributed by atoms with Gasteiger partial charge in [-0.1, -0.05) is 12.1 Å². The number of methoxy groups -OCH3 is 1. The van der Waals surface area contributed by atoms with Gasteiger partial charge in [0.15, 0.2) is 0 Å². The molecule has 3 fully saturated rings. The van der Waals surface area contributed by atoms with Gasteiger partial charge in [-0.2, -0.15) is 0 Å². The van der Waals surface area contributed by atoms with Crippen molar-refractivity contribution >= 4 is 0 Å². The van der Waals surface area contributed by atoms with Gasteiger partial charge in [-0.05, 0) is 49.4 Å². The molecule has 2 nitrogen and oxygen atoms in total. The maximum absolute atomic E-state index is 5.18. The highest BCUT2D eigenvalue weighted by atomic mass is 16.5. The zero-order chi connectivity index (χ0) is 10.3. The lowest BCUT2D eigenvalue weighted by atomic mass is 9.61. The maximum atomic E-state index is 5.18. The average Bonchev–Trinajstić information content (AvgIpc) is 2.29. The Balaban J connectivity index is 1.86. The predicted octanol–water partition coefficient (Wildman–Crippen LogP) is 2.29. The standard InChI is InChI=1S/C13H17NO/c1-15-12-4-2-11(3-5-12)13-8-10(9-13)6-7-14-13/h2-5,10,14H,6-9H2,1H3. The fourth-order valence-electron chi connectivity index (χ4n) is 3.04. The van der Waals surface area contributed by atoms with Gasteiger partial charge in [0.1, 0.15) is 5.75 Å². The van der Waals surface area contributed by atoms with E-state index in [-0.39, 0.29) is 0 Å². The fraction of sp³-hybridized carbons (Fsp3) is 0.538. The predicted molar refractivity (Wildman–Crippen MR) is 60.0 cm³/mol. The van der Waals surface area contributed by atoms with Crippen molar-refractivity contribution in [2.24, 2.45) is 5.92 Å². The summed E-state index contributed by atoms with van der Waals surface area (Å²) in [5.74, 6) is 1.91. The van der Waals surface area contributed by atoms with Crippen molar-refractivity contribution in [1.82, 2.24) is 5.32 Å². The second-order valence-electron chi connectivity index (χ2n) is 4.80. The smallest absolute Gasteiger partial charge is 0.118 e. The van der Waals surface area contributed by atoms with Crippen LogP contribution in [0, 0.1) is 5.92 Å². The molecule has 2 heterocycles. The van der Waals surface area contributed by atoms with Crippen LogP contribution >= 0.6 is 0 Å². The Morgan fingerprint density at radius 3 is 2.53 bits per heavy atom.